The maximum absolute atomic E-state index is 12.4. The predicted molar refractivity (Wildman–Crippen MR) is 92.4 cm³/mol. The molecule has 1 N–H and O–H groups in total. The van der Waals surface area contributed by atoms with Crippen molar-refractivity contribution in [1.82, 2.24) is 0 Å². The number of allylic oxidation sites excluding steroid dienone is 2. The van der Waals surface area contributed by atoms with Crippen molar-refractivity contribution in [3.05, 3.63) is 57.9 Å². The van der Waals surface area contributed by atoms with Crippen molar-refractivity contribution in [3.8, 4) is 5.75 Å². The number of esters is 2. The van der Waals surface area contributed by atoms with Crippen LogP contribution in [0.4, 0.5) is 5.69 Å². The molecule has 0 atom stereocenters. The quantitative estimate of drug-likeness (QED) is 0.795. The van der Waals surface area contributed by atoms with E-state index in [9.17, 15) is 14.7 Å². The Morgan fingerprint density at radius 3 is 2.42 bits per heavy atom. The fraction of sp³-hybridized carbons (Fsp3) is 0.176. The number of methoxy groups -OCH3 is 2. The van der Waals surface area contributed by atoms with Crippen LogP contribution in [0.5, 0.6) is 5.75 Å². The lowest BCUT2D eigenvalue weighted by atomic mass is 10.1. The van der Waals surface area contributed by atoms with E-state index in [1.807, 2.05) is 0 Å². The Morgan fingerprint density at radius 1 is 1.12 bits per heavy atom. The smallest absolute Gasteiger partial charge is 0.355 e. The Balaban J connectivity index is 2.78. The summed E-state index contributed by atoms with van der Waals surface area (Å²) in [5.74, 6) is -1.47. The average Bonchev–Trinajstić information content (AvgIpc) is 2.80. The van der Waals surface area contributed by atoms with Crippen molar-refractivity contribution in [2.75, 3.05) is 19.1 Å². The van der Waals surface area contributed by atoms with Crippen LogP contribution in [-0.2, 0) is 19.1 Å². The largest absolute Gasteiger partial charge is 0.506 e. The molecule has 24 heavy (non-hydrogen) atoms. The number of aromatic hydroxyl groups is 1. The summed E-state index contributed by atoms with van der Waals surface area (Å²) in [5, 5.41) is 10.3. The predicted octanol–water partition coefficient (Wildman–Crippen LogP) is 2.95. The third-order valence-corrected chi connectivity index (χ3v) is 4.33. The number of anilines is 1. The van der Waals surface area contributed by atoms with Gasteiger partial charge in [0, 0.05) is 10.7 Å². The number of carbonyl (C=O) groups is 2. The standard InChI is InChI=1S/C17H16BrNO5/c1-10-12(18)7-8-13(20)14(10)19-9-5-4-6-11(16(21)23-2)15(19)17(22)24-3/h4-9,20H,1-3H3. The van der Waals surface area contributed by atoms with Crippen LogP contribution in [0.25, 0.3) is 0 Å². The maximum atomic E-state index is 12.4. The summed E-state index contributed by atoms with van der Waals surface area (Å²) in [6, 6.07) is 3.18. The SMILES string of the molecule is COC(=O)C1=C(C(=O)OC)N(c2c(O)ccc(Br)c2C)C=CC=C1. The number of phenolic OH excluding ortho intramolecular Hbond substituents is 1. The minimum absolute atomic E-state index is 0.0214. The Labute approximate surface area is 147 Å². The van der Waals surface area contributed by atoms with Crippen molar-refractivity contribution in [2.24, 2.45) is 0 Å². The molecule has 0 unspecified atom stereocenters. The maximum Gasteiger partial charge on any atom is 0.355 e. The van der Waals surface area contributed by atoms with Crippen molar-refractivity contribution < 1.29 is 24.2 Å². The van der Waals surface area contributed by atoms with Gasteiger partial charge in [-0.15, -0.1) is 0 Å². The molecule has 2 rings (SSSR count). The summed E-state index contributed by atoms with van der Waals surface area (Å²) in [6.07, 6.45) is 6.25. The zero-order valence-electron chi connectivity index (χ0n) is 13.4. The number of rotatable bonds is 3. The second-order valence-corrected chi connectivity index (χ2v) is 5.71. The van der Waals surface area contributed by atoms with Gasteiger partial charge in [-0.2, -0.15) is 0 Å². The zero-order valence-corrected chi connectivity index (χ0v) is 15.0. The molecule has 0 saturated heterocycles. The van der Waals surface area contributed by atoms with Gasteiger partial charge in [-0.1, -0.05) is 22.0 Å². The summed E-state index contributed by atoms with van der Waals surface area (Å²) >= 11 is 3.40. The number of ether oxygens (including phenoxy) is 2. The Hall–Kier alpha value is -2.54. The van der Waals surface area contributed by atoms with Gasteiger partial charge in [0.1, 0.15) is 11.4 Å². The van der Waals surface area contributed by atoms with Crippen LogP contribution in [0.1, 0.15) is 5.56 Å². The van der Waals surface area contributed by atoms with Gasteiger partial charge >= 0.3 is 11.9 Å². The minimum Gasteiger partial charge on any atom is -0.506 e. The molecule has 0 aliphatic carbocycles. The molecule has 0 aromatic heterocycles. The third kappa shape index (κ3) is 3.21. The lowest BCUT2D eigenvalue weighted by Crippen LogP contribution is -2.27. The number of hydrogen-bond donors (Lipinski definition) is 1. The highest BCUT2D eigenvalue weighted by atomic mass is 79.9. The van der Waals surface area contributed by atoms with Crippen molar-refractivity contribution >= 4 is 33.6 Å². The second-order valence-electron chi connectivity index (χ2n) is 4.86. The van der Waals surface area contributed by atoms with Gasteiger partial charge in [-0.25, -0.2) is 9.59 Å². The van der Waals surface area contributed by atoms with E-state index >= 15 is 0 Å². The summed E-state index contributed by atoms with van der Waals surface area (Å²) in [4.78, 5) is 25.9. The van der Waals surface area contributed by atoms with E-state index in [1.54, 1.807) is 31.3 Å². The highest BCUT2D eigenvalue weighted by molar-refractivity contribution is 9.10. The average molecular weight is 394 g/mol. The van der Waals surface area contributed by atoms with E-state index in [1.165, 1.54) is 31.3 Å². The van der Waals surface area contributed by atoms with Gasteiger partial charge in [-0.05, 0) is 36.8 Å². The molecule has 1 heterocycles. The molecule has 126 valence electrons. The van der Waals surface area contributed by atoms with E-state index in [0.717, 1.165) is 4.47 Å². The van der Waals surface area contributed by atoms with Crippen molar-refractivity contribution in [1.29, 1.82) is 0 Å². The van der Waals surface area contributed by atoms with E-state index in [0.29, 0.717) is 11.3 Å². The fourth-order valence-electron chi connectivity index (χ4n) is 2.30. The Morgan fingerprint density at radius 2 is 1.79 bits per heavy atom. The first-order valence-corrected chi connectivity index (χ1v) is 7.74. The van der Waals surface area contributed by atoms with Crippen LogP contribution >= 0.6 is 15.9 Å². The lowest BCUT2D eigenvalue weighted by molar-refractivity contribution is -0.139. The van der Waals surface area contributed by atoms with Crippen LogP contribution in [0.2, 0.25) is 0 Å². The summed E-state index contributed by atoms with van der Waals surface area (Å²) in [6.45, 7) is 1.78. The molecule has 7 heteroatoms. The molecule has 0 fully saturated rings. The third-order valence-electron chi connectivity index (χ3n) is 3.47. The van der Waals surface area contributed by atoms with Gasteiger partial charge in [0.05, 0.1) is 25.5 Å². The lowest BCUT2D eigenvalue weighted by Gasteiger charge is -2.25. The Kier molecular flexibility index (Phi) is 5.46. The van der Waals surface area contributed by atoms with Crippen molar-refractivity contribution in [3.63, 3.8) is 0 Å². The number of hydrogen-bond acceptors (Lipinski definition) is 6. The molecule has 0 bridgehead atoms. The molecular formula is C17H16BrNO5. The van der Waals surface area contributed by atoms with Crippen LogP contribution in [0, 0.1) is 6.92 Å². The molecule has 6 nitrogen and oxygen atoms in total. The van der Waals surface area contributed by atoms with Gasteiger partial charge < -0.3 is 19.5 Å². The monoisotopic (exact) mass is 393 g/mol. The first-order chi connectivity index (χ1) is 11.4. The number of benzene rings is 1. The number of halogens is 1. The topological polar surface area (TPSA) is 76.1 Å². The Bertz CT molecular complexity index is 779. The first kappa shape index (κ1) is 17.8. The van der Waals surface area contributed by atoms with Crippen LogP contribution in [0.15, 0.2) is 52.3 Å². The molecule has 0 spiro atoms. The van der Waals surface area contributed by atoms with Crippen LogP contribution in [-0.4, -0.2) is 31.3 Å². The van der Waals surface area contributed by atoms with Crippen LogP contribution in [0.3, 0.4) is 0 Å². The van der Waals surface area contributed by atoms with Gasteiger partial charge in [0.2, 0.25) is 0 Å². The first-order valence-electron chi connectivity index (χ1n) is 6.95. The summed E-state index contributed by atoms with van der Waals surface area (Å²) in [7, 11) is 2.44. The normalized spacial score (nSPS) is 13.8. The molecule has 1 aromatic carbocycles. The van der Waals surface area contributed by atoms with E-state index in [2.05, 4.69) is 15.9 Å². The van der Waals surface area contributed by atoms with Crippen molar-refractivity contribution in [2.45, 2.75) is 6.92 Å². The van der Waals surface area contributed by atoms with E-state index < -0.39 is 11.9 Å². The van der Waals surface area contributed by atoms with Gasteiger partial charge in [0.25, 0.3) is 0 Å². The minimum atomic E-state index is -0.731. The molecule has 0 amide bonds. The highest BCUT2D eigenvalue weighted by Crippen LogP contribution is 2.39. The number of carbonyl (C=O) groups excluding carboxylic acids is 2. The molecule has 1 aromatic rings. The highest BCUT2D eigenvalue weighted by Gasteiger charge is 2.29. The fourth-order valence-corrected chi connectivity index (χ4v) is 2.62. The summed E-state index contributed by atoms with van der Waals surface area (Å²) in [5.41, 5.74) is 1.01. The molecular weight excluding hydrogens is 378 g/mol. The van der Waals surface area contributed by atoms with E-state index in [4.69, 9.17) is 9.47 Å². The van der Waals surface area contributed by atoms with Gasteiger partial charge in [0.15, 0.2) is 0 Å². The number of phenols is 1. The van der Waals surface area contributed by atoms with Crippen LogP contribution < -0.4 is 4.90 Å². The molecule has 1 aliphatic rings. The number of nitrogens with zero attached hydrogens (tertiary/aromatic N) is 1. The second kappa shape index (κ2) is 7.35. The molecule has 0 saturated carbocycles. The van der Waals surface area contributed by atoms with E-state index in [-0.39, 0.29) is 17.0 Å². The van der Waals surface area contributed by atoms with Gasteiger partial charge in [-0.3, -0.25) is 0 Å². The molecule has 1 aliphatic heterocycles. The summed E-state index contributed by atoms with van der Waals surface area (Å²) < 4.78 is 10.3. The zero-order chi connectivity index (χ0) is 17.9. The molecule has 0 radical (unpaired) electrons.